The van der Waals surface area contributed by atoms with Crippen LogP contribution >= 0.6 is 0 Å². The third-order valence-electron chi connectivity index (χ3n) is 3.55. The molecule has 19 heavy (non-hydrogen) atoms. The molecule has 1 aliphatic rings. The Bertz CT molecular complexity index is 303. The second-order valence-corrected chi connectivity index (χ2v) is 5.02. The number of carbonyl (C=O) groups excluding carboxylic acids is 1. The molecule has 1 saturated carbocycles. The Hall–Kier alpha value is -1.14. The van der Waals surface area contributed by atoms with Crippen molar-refractivity contribution < 1.29 is 19.4 Å². The molecule has 1 atom stereocenters. The van der Waals surface area contributed by atoms with E-state index in [1.165, 1.54) is 0 Å². The van der Waals surface area contributed by atoms with Gasteiger partial charge in [-0.05, 0) is 19.8 Å². The number of carbonyl (C=O) groups is 2. The summed E-state index contributed by atoms with van der Waals surface area (Å²) >= 11 is 0. The van der Waals surface area contributed by atoms with E-state index in [1.807, 2.05) is 0 Å². The van der Waals surface area contributed by atoms with Gasteiger partial charge in [0.25, 0.3) is 0 Å². The Morgan fingerprint density at radius 2 is 2.05 bits per heavy atom. The highest BCUT2D eigenvalue weighted by Gasteiger charge is 2.25. The highest BCUT2D eigenvalue weighted by molar-refractivity contribution is 5.82. The van der Waals surface area contributed by atoms with Gasteiger partial charge in [-0.2, -0.15) is 0 Å². The van der Waals surface area contributed by atoms with Crippen LogP contribution in [0.25, 0.3) is 0 Å². The Labute approximate surface area is 114 Å². The smallest absolute Gasteiger partial charge is 0.317 e. The third kappa shape index (κ3) is 5.57. The highest BCUT2D eigenvalue weighted by atomic mass is 16.5. The van der Waals surface area contributed by atoms with E-state index in [0.29, 0.717) is 13.2 Å². The van der Waals surface area contributed by atoms with Crippen molar-refractivity contribution in [2.75, 3.05) is 26.8 Å². The van der Waals surface area contributed by atoms with Crippen molar-refractivity contribution in [3.8, 4) is 0 Å². The van der Waals surface area contributed by atoms with E-state index in [2.05, 4.69) is 5.32 Å². The van der Waals surface area contributed by atoms with E-state index < -0.39 is 12.0 Å². The third-order valence-corrected chi connectivity index (χ3v) is 3.55. The number of carboxylic acid groups (broad SMARTS) is 1. The van der Waals surface area contributed by atoms with Crippen molar-refractivity contribution in [3.05, 3.63) is 0 Å². The molecule has 110 valence electrons. The van der Waals surface area contributed by atoms with Crippen LogP contribution in [0.2, 0.25) is 0 Å². The molecule has 0 heterocycles. The molecule has 0 saturated heterocycles. The average Bonchev–Trinajstić information content (AvgIpc) is 2.85. The summed E-state index contributed by atoms with van der Waals surface area (Å²) in [4.78, 5) is 24.5. The number of carboxylic acids is 1. The molecule has 0 spiro atoms. The van der Waals surface area contributed by atoms with Gasteiger partial charge >= 0.3 is 5.97 Å². The van der Waals surface area contributed by atoms with Gasteiger partial charge in [0, 0.05) is 19.7 Å². The van der Waals surface area contributed by atoms with Gasteiger partial charge in [-0.25, -0.2) is 0 Å². The SMILES string of the molecule is COCCN(CC(=O)O)C(C)C(=O)NC1CCCC1. The van der Waals surface area contributed by atoms with Gasteiger partial charge in [0.05, 0.1) is 19.2 Å². The van der Waals surface area contributed by atoms with Gasteiger partial charge in [0.2, 0.25) is 5.91 Å². The van der Waals surface area contributed by atoms with Crippen LogP contribution in [-0.4, -0.2) is 60.8 Å². The molecule has 0 aromatic carbocycles. The van der Waals surface area contributed by atoms with Gasteiger partial charge < -0.3 is 15.2 Å². The van der Waals surface area contributed by atoms with Gasteiger partial charge in [-0.3, -0.25) is 14.5 Å². The number of rotatable bonds is 8. The van der Waals surface area contributed by atoms with E-state index in [4.69, 9.17) is 9.84 Å². The Balaban J connectivity index is 2.49. The first-order chi connectivity index (χ1) is 9.04. The molecular weight excluding hydrogens is 248 g/mol. The molecule has 0 bridgehead atoms. The number of nitrogens with zero attached hydrogens (tertiary/aromatic N) is 1. The lowest BCUT2D eigenvalue weighted by atomic mass is 10.2. The number of hydrogen-bond donors (Lipinski definition) is 2. The second kappa shape index (κ2) is 8.12. The standard InChI is InChI=1S/C13H24N2O4/c1-10(13(18)14-11-5-3-4-6-11)15(7-8-19-2)9-12(16)17/h10-11H,3-9H2,1-2H3,(H,14,18)(H,16,17). The molecule has 1 unspecified atom stereocenters. The van der Waals surface area contributed by atoms with Crippen LogP contribution in [0.3, 0.4) is 0 Å². The minimum Gasteiger partial charge on any atom is -0.480 e. The maximum atomic E-state index is 12.1. The number of ether oxygens (including phenoxy) is 1. The van der Waals surface area contributed by atoms with Gasteiger partial charge in [-0.1, -0.05) is 12.8 Å². The van der Waals surface area contributed by atoms with Crippen molar-refractivity contribution in [2.24, 2.45) is 0 Å². The van der Waals surface area contributed by atoms with Crippen LogP contribution in [0.1, 0.15) is 32.6 Å². The predicted octanol–water partition coefficient (Wildman–Crippen LogP) is 0.467. The van der Waals surface area contributed by atoms with Crippen LogP contribution < -0.4 is 5.32 Å². The van der Waals surface area contributed by atoms with E-state index in [1.54, 1.807) is 18.9 Å². The summed E-state index contributed by atoms with van der Waals surface area (Å²) in [5, 5.41) is 11.9. The fraction of sp³-hybridized carbons (Fsp3) is 0.846. The molecule has 0 aromatic rings. The van der Waals surface area contributed by atoms with Crippen molar-refractivity contribution in [2.45, 2.75) is 44.7 Å². The molecule has 1 amide bonds. The first-order valence-corrected chi connectivity index (χ1v) is 6.79. The summed E-state index contributed by atoms with van der Waals surface area (Å²) in [6, 6.07) is -0.198. The van der Waals surface area contributed by atoms with Gasteiger partial charge in [-0.15, -0.1) is 0 Å². The van der Waals surface area contributed by atoms with Crippen LogP contribution in [-0.2, 0) is 14.3 Å². The Morgan fingerprint density at radius 1 is 1.42 bits per heavy atom. The summed E-state index contributed by atoms with van der Waals surface area (Å²) < 4.78 is 4.95. The predicted molar refractivity (Wildman–Crippen MR) is 70.9 cm³/mol. The lowest BCUT2D eigenvalue weighted by Gasteiger charge is -2.27. The Kier molecular flexibility index (Phi) is 6.80. The fourth-order valence-corrected chi connectivity index (χ4v) is 2.35. The van der Waals surface area contributed by atoms with E-state index in [9.17, 15) is 9.59 Å². The minimum atomic E-state index is -0.934. The van der Waals surface area contributed by atoms with Crippen molar-refractivity contribution in [3.63, 3.8) is 0 Å². The van der Waals surface area contributed by atoms with Crippen LogP contribution in [0.5, 0.6) is 0 Å². The zero-order chi connectivity index (χ0) is 14.3. The zero-order valence-corrected chi connectivity index (χ0v) is 11.7. The number of aliphatic carboxylic acids is 1. The van der Waals surface area contributed by atoms with Crippen molar-refractivity contribution >= 4 is 11.9 Å². The first-order valence-electron chi connectivity index (χ1n) is 6.79. The molecule has 6 nitrogen and oxygen atoms in total. The Morgan fingerprint density at radius 3 is 2.58 bits per heavy atom. The van der Waals surface area contributed by atoms with E-state index in [0.717, 1.165) is 25.7 Å². The zero-order valence-electron chi connectivity index (χ0n) is 11.7. The molecule has 1 aliphatic carbocycles. The lowest BCUT2D eigenvalue weighted by Crippen LogP contribution is -2.50. The average molecular weight is 272 g/mol. The number of nitrogens with one attached hydrogen (secondary N) is 1. The molecule has 0 aliphatic heterocycles. The summed E-state index contributed by atoms with van der Waals surface area (Å²) in [7, 11) is 1.56. The summed E-state index contributed by atoms with van der Waals surface area (Å²) in [5.41, 5.74) is 0. The van der Waals surface area contributed by atoms with Gasteiger partial charge in [0.1, 0.15) is 0 Å². The quantitative estimate of drug-likeness (QED) is 0.671. The molecule has 6 heteroatoms. The van der Waals surface area contributed by atoms with Crippen LogP contribution in [0.15, 0.2) is 0 Å². The topological polar surface area (TPSA) is 78.9 Å². The molecule has 0 aromatic heterocycles. The van der Waals surface area contributed by atoms with E-state index in [-0.39, 0.29) is 18.5 Å². The second-order valence-electron chi connectivity index (χ2n) is 5.02. The number of amides is 1. The monoisotopic (exact) mass is 272 g/mol. The largest absolute Gasteiger partial charge is 0.480 e. The molecule has 1 rings (SSSR count). The number of methoxy groups -OCH3 is 1. The normalized spacial score (nSPS) is 17.6. The lowest BCUT2D eigenvalue weighted by molar-refractivity contribution is -0.140. The van der Waals surface area contributed by atoms with Gasteiger partial charge in [0.15, 0.2) is 0 Å². The summed E-state index contributed by atoms with van der Waals surface area (Å²) in [6.45, 7) is 2.43. The van der Waals surface area contributed by atoms with Crippen molar-refractivity contribution in [1.82, 2.24) is 10.2 Å². The van der Waals surface area contributed by atoms with Crippen molar-refractivity contribution in [1.29, 1.82) is 0 Å². The summed E-state index contributed by atoms with van der Waals surface area (Å²) in [6.07, 6.45) is 4.36. The van der Waals surface area contributed by atoms with E-state index >= 15 is 0 Å². The molecule has 1 fully saturated rings. The number of hydrogen-bond acceptors (Lipinski definition) is 4. The first kappa shape index (κ1) is 15.9. The molecule has 2 N–H and O–H groups in total. The van der Waals surface area contributed by atoms with Crippen LogP contribution in [0, 0.1) is 0 Å². The van der Waals surface area contributed by atoms with Crippen LogP contribution in [0.4, 0.5) is 0 Å². The minimum absolute atomic E-state index is 0.0933. The highest BCUT2D eigenvalue weighted by Crippen LogP contribution is 2.17. The maximum absolute atomic E-state index is 12.1. The fourth-order valence-electron chi connectivity index (χ4n) is 2.35. The maximum Gasteiger partial charge on any atom is 0.317 e. The molecular formula is C13H24N2O4. The summed E-state index contributed by atoms with van der Waals surface area (Å²) in [5.74, 6) is -1.03. The molecule has 0 radical (unpaired) electrons.